The third kappa shape index (κ3) is 1.55. The van der Waals surface area contributed by atoms with Gasteiger partial charge >= 0.3 is 0 Å². The molecule has 1 aromatic rings. The normalized spacial score (nSPS) is 32.3. The summed E-state index contributed by atoms with van der Waals surface area (Å²) in [6.45, 7) is 2.32. The van der Waals surface area contributed by atoms with Crippen LogP contribution in [0.3, 0.4) is 0 Å². The van der Waals surface area contributed by atoms with Crippen molar-refractivity contribution in [2.75, 3.05) is 0 Å². The van der Waals surface area contributed by atoms with Crippen LogP contribution in [0, 0.1) is 17.8 Å². The molecule has 0 radical (unpaired) electrons. The van der Waals surface area contributed by atoms with Crippen molar-refractivity contribution in [2.45, 2.75) is 26.3 Å². The first-order valence-electron chi connectivity index (χ1n) is 5.86. The summed E-state index contributed by atoms with van der Waals surface area (Å²) in [5.74, 6) is 0.757. The molecule has 2 unspecified atom stereocenters. The molecule has 6 nitrogen and oxygen atoms in total. The smallest absolute Gasteiger partial charge is 0.233 e. The lowest BCUT2D eigenvalue weighted by Gasteiger charge is -2.14. The molecule has 1 aliphatic carbocycles. The Morgan fingerprint density at radius 1 is 1.35 bits per heavy atom. The van der Waals surface area contributed by atoms with Crippen LogP contribution in [-0.2, 0) is 16.1 Å². The Labute approximate surface area is 98.4 Å². The maximum atomic E-state index is 12.1. The maximum absolute atomic E-state index is 12.1. The Balaban J connectivity index is 1.80. The van der Waals surface area contributed by atoms with E-state index in [0.29, 0.717) is 11.7 Å². The van der Waals surface area contributed by atoms with Gasteiger partial charge in [0.05, 0.1) is 18.4 Å². The minimum atomic E-state index is -0.0968. The summed E-state index contributed by atoms with van der Waals surface area (Å²) in [5.41, 5.74) is 0. The van der Waals surface area contributed by atoms with Crippen molar-refractivity contribution in [3.8, 4) is 0 Å². The Kier molecular flexibility index (Phi) is 2.24. The molecule has 2 heterocycles. The summed E-state index contributed by atoms with van der Waals surface area (Å²) in [6, 6.07) is 0. The van der Waals surface area contributed by atoms with Crippen LogP contribution in [0.1, 0.15) is 25.6 Å². The van der Waals surface area contributed by atoms with Gasteiger partial charge in [-0.25, -0.2) is 4.98 Å². The van der Waals surface area contributed by atoms with Gasteiger partial charge in [0.15, 0.2) is 0 Å². The molecule has 2 atom stereocenters. The highest BCUT2D eigenvalue weighted by molar-refractivity contribution is 6.05. The average molecular weight is 234 g/mol. The van der Waals surface area contributed by atoms with Gasteiger partial charge in [0.25, 0.3) is 0 Å². The molecule has 6 heteroatoms. The van der Waals surface area contributed by atoms with Crippen LogP contribution in [0.2, 0.25) is 0 Å². The predicted molar refractivity (Wildman–Crippen MR) is 57.3 cm³/mol. The molecule has 0 aromatic carbocycles. The molecule has 0 spiro atoms. The van der Waals surface area contributed by atoms with Crippen LogP contribution in [0.5, 0.6) is 0 Å². The van der Waals surface area contributed by atoms with Gasteiger partial charge < -0.3 is 0 Å². The molecule has 17 heavy (non-hydrogen) atoms. The van der Waals surface area contributed by atoms with Crippen molar-refractivity contribution < 1.29 is 9.59 Å². The van der Waals surface area contributed by atoms with Gasteiger partial charge in [-0.15, -0.1) is 0 Å². The Morgan fingerprint density at radius 2 is 2.00 bits per heavy atom. The van der Waals surface area contributed by atoms with Crippen molar-refractivity contribution in [1.82, 2.24) is 20.1 Å². The van der Waals surface area contributed by atoms with Crippen LogP contribution in [0.4, 0.5) is 0 Å². The molecule has 1 aliphatic heterocycles. The molecule has 1 saturated carbocycles. The number of fused-ring (bicyclic) bond motifs is 1. The van der Waals surface area contributed by atoms with E-state index < -0.39 is 0 Å². The number of amides is 2. The lowest BCUT2D eigenvalue weighted by molar-refractivity contribution is -0.141. The fourth-order valence-electron chi connectivity index (χ4n) is 2.96. The fraction of sp³-hybridized carbons (Fsp3) is 0.636. The van der Waals surface area contributed by atoms with E-state index >= 15 is 0 Å². The van der Waals surface area contributed by atoms with E-state index in [-0.39, 0.29) is 30.2 Å². The number of hydrogen-bond donors (Lipinski definition) is 1. The second-order valence-corrected chi connectivity index (χ2v) is 4.98. The number of H-pyrrole nitrogens is 1. The summed E-state index contributed by atoms with van der Waals surface area (Å²) < 4.78 is 0. The van der Waals surface area contributed by atoms with Gasteiger partial charge in [0.2, 0.25) is 11.8 Å². The molecule has 1 aromatic heterocycles. The summed E-state index contributed by atoms with van der Waals surface area (Å²) in [5, 5.41) is 6.39. The zero-order valence-corrected chi connectivity index (χ0v) is 9.59. The number of aromatic nitrogens is 3. The summed E-state index contributed by atoms with van der Waals surface area (Å²) in [4.78, 5) is 29.5. The lowest BCUT2D eigenvalue weighted by Crippen LogP contribution is -2.32. The molecule has 2 fully saturated rings. The second-order valence-electron chi connectivity index (χ2n) is 4.98. The second kappa shape index (κ2) is 3.65. The van der Waals surface area contributed by atoms with Gasteiger partial charge in [-0.1, -0.05) is 6.92 Å². The van der Waals surface area contributed by atoms with Gasteiger partial charge in [-0.2, -0.15) is 5.10 Å². The van der Waals surface area contributed by atoms with E-state index in [9.17, 15) is 9.59 Å². The predicted octanol–water partition coefficient (Wildman–Crippen LogP) is 0.336. The van der Waals surface area contributed by atoms with Crippen LogP contribution >= 0.6 is 0 Å². The van der Waals surface area contributed by atoms with E-state index in [1.807, 2.05) is 0 Å². The standard InChI is InChI=1S/C11H14N4O2/c1-6-2-7-8(3-6)11(17)15(10(7)16)4-9-12-5-13-14-9/h5-8H,2-4H2,1H3,(H,12,13,14). The highest BCUT2D eigenvalue weighted by Gasteiger charge is 2.51. The number of likely N-dealkylation sites (tertiary alicyclic amines) is 1. The number of nitrogens with one attached hydrogen (secondary N) is 1. The largest absolute Gasteiger partial charge is 0.274 e. The van der Waals surface area contributed by atoms with Crippen molar-refractivity contribution in [1.29, 1.82) is 0 Å². The summed E-state index contributed by atoms with van der Waals surface area (Å²) in [6.07, 6.45) is 3.05. The van der Waals surface area contributed by atoms with Crippen LogP contribution < -0.4 is 0 Å². The number of rotatable bonds is 2. The molecule has 2 amide bonds. The molecule has 90 valence electrons. The zero-order chi connectivity index (χ0) is 12.0. The first-order valence-corrected chi connectivity index (χ1v) is 5.86. The van der Waals surface area contributed by atoms with Crippen LogP contribution in [-0.4, -0.2) is 31.9 Å². The first-order chi connectivity index (χ1) is 8.16. The SMILES string of the molecule is CC1CC2C(=O)N(Cc3ncn[nH]3)C(=O)C2C1. The molecule has 2 aliphatic rings. The van der Waals surface area contributed by atoms with Crippen molar-refractivity contribution in [2.24, 2.45) is 17.8 Å². The first kappa shape index (κ1) is 10.4. The van der Waals surface area contributed by atoms with Crippen molar-refractivity contribution >= 4 is 11.8 Å². The van der Waals surface area contributed by atoms with E-state index in [1.54, 1.807) is 0 Å². The number of aromatic amines is 1. The van der Waals surface area contributed by atoms with Crippen molar-refractivity contribution in [3.05, 3.63) is 12.2 Å². The van der Waals surface area contributed by atoms with Gasteiger partial charge in [-0.05, 0) is 18.8 Å². The number of hydrogen-bond acceptors (Lipinski definition) is 4. The average Bonchev–Trinajstić information content (AvgIpc) is 2.96. The monoisotopic (exact) mass is 234 g/mol. The van der Waals surface area contributed by atoms with E-state index in [0.717, 1.165) is 12.8 Å². The van der Waals surface area contributed by atoms with Gasteiger partial charge in [0.1, 0.15) is 12.2 Å². The number of carbonyl (C=O) groups excluding carboxylic acids is 2. The number of imide groups is 1. The minimum Gasteiger partial charge on any atom is -0.274 e. The Hall–Kier alpha value is -1.72. The van der Waals surface area contributed by atoms with E-state index in [1.165, 1.54) is 11.2 Å². The topological polar surface area (TPSA) is 79.0 Å². The minimum absolute atomic E-state index is 0.0410. The maximum Gasteiger partial charge on any atom is 0.233 e. The molecule has 1 N–H and O–H groups in total. The Bertz CT molecular complexity index is 432. The molecular weight excluding hydrogens is 220 g/mol. The number of nitrogens with zero attached hydrogens (tertiary/aromatic N) is 3. The number of carbonyl (C=O) groups is 2. The van der Waals surface area contributed by atoms with Crippen LogP contribution in [0.25, 0.3) is 0 Å². The summed E-state index contributed by atoms with van der Waals surface area (Å²) in [7, 11) is 0. The lowest BCUT2D eigenvalue weighted by atomic mass is 10.00. The van der Waals surface area contributed by atoms with Crippen molar-refractivity contribution in [3.63, 3.8) is 0 Å². The third-order valence-electron chi connectivity index (χ3n) is 3.74. The Morgan fingerprint density at radius 3 is 2.53 bits per heavy atom. The highest BCUT2D eigenvalue weighted by Crippen LogP contribution is 2.43. The third-order valence-corrected chi connectivity index (χ3v) is 3.74. The molecule has 0 bridgehead atoms. The summed E-state index contributed by atoms with van der Waals surface area (Å²) >= 11 is 0. The van der Waals surface area contributed by atoms with E-state index in [2.05, 4.69) is 22.1 Å². The zero-order valence-electron chi connectivity index (χ0n) is 9.59. The molecular formula is C11H14N4O2. The highest BCUT2D eigenvalue weighted by atomic mass is 16.2. The quantitative estimate of drug-likeness (QED) is 0.748. The van der Waals surface area contributed by atoms with Gasteiger partial charge in [0, 0.05) is 0 Å². The molecule has 3 rings (SSSR count). The molecule has 1 saturated heterocycles. The van der Waals surface area contributed by atoms with Crippen LogP contribution in [0.15, 0.2) is 6.33 Å². The fourth-order valence-corrected chi connectivity index (χ4v) is 2.96. The van der Waals surface area contributed by atoms with E-state index in [4.69, 9.17) is 0 Å². The van der Waals surface area contributed by atoms with Gasteiger partial charge in [-0.3, -0.25) is 19.6 Å².